The molecule has 2 N–H and O–H groups in total. The Balaban J connectivity index is 2.49. The normalized spacial score (nSPS) is 12.8. The second-order valence-corrected chi connectivity index (χ2v) is 4.10. The summed E-state index contributed by atoms with van der Waals surface area (Å²) in [4.78, 5) is 0. The summed E-state index contributed by atoms with van der Waals surface area (Å²) < 4.78 is 1.83. The van der Waals surface area contributed by atoms with Gasteiger partial charge < -0.3 is 5.73 Å². The van der Waals surface area contributed by atoms with Gasteiger partial charge in [0.15, 0.2) is 0 Å². The monoisotopic (exact) mass is 216 g/mol. The minimum atomic E-state index is -0.0847. The molecule has 0 amide bonds. The summed E-state index contributed by atoms with van der Waals surface area (Å²) >= 11 is 0. The maximum Gasteiger partial charge on any atom is 0.102 e. The van der Waals surface area contributed by atoms with Crippen molar-refractivity contribution in [1.82, 2.24) is 15.0 Å². The highest BCUT2D eigenvalue weighted by molar-refractivity contribution is 5.36. The van der Waals surface area contributed by atoms with Crippen LogP contribution in [0.15, 0.2) is 24.3 Å². The molecule has 1 atom stereocenters. The van der Waals surface area contributed by atoms with Gasteiger partial charge in [-0.05, 0) is 38.5 Å². The van der Waals surface area contributed by atoms with Crippen LogP contribution in [0.4, 0.5) is 0 Å². The highest BCUT2D eigenvalue weighted by Crippen LogP contribution is 2.16. The Morgan fingerprint density at radius 2 is 2.06 bits per heavy atom. The van der Waals surface area contributed by atoms with E-state index in [2.05, 4.69) is 29.4 Å². The van der Waals surface area contributed by atoms with Crippen molar-refractivity contribution in [2.45, 2.75) is 26.8 Å². The molecule has 1 unspecified atom stereocenters. The van der Waals surface area contributed by atoms with Crippen molar-refractivity contribution in [3.05, 3.63) is 41.2 Å². The number of aromatic nitrogens is 3. The van der Waals surface area contributed by atoms with Crippen LogP contribution in [-0.4, -0.2) is 15.0 Å². The predicted molar refractivity (Wildman–Crippen MR) is 63.4 cm³/mol. The smallest absolute Gasteiger partial charge is 0.102 e. The van der Waals surface area contributed by atoms with E-state index in [1.165, 1.54) is 5.56 Å². The van der Waals surface area contributed by atoms with Crippen molar-refractivity contribution in [3.8, 4) is 5.69 Å². The number of nitrogens with zero attached hydrogens (tertiary/aromatic N) is 3. The van der Waals surface area contributed by atoms with Crippen LogP contribution in [-0.2, 0) is 0 Å². The summed E-state index contributed by atoms with van der Waals surface area (Å²) in [6.45, 7) is 5.96. The maximum atomic E-state index is 5.82. The fourth-order valence-electron chi connectivity index (χ4n) is 1.77. The van der Waals surface area contributed by atoms with E-state index in [9.17, 15) is 0 Å². The Labute approximate surface area is 95.1 Å². The summed E-state index contributed by atoms with van der Waals surface area (Å²) in [5.41, 5.74) is 9.90. The lowest BCUT2D eigenvalue weighted by molar-refractivity contribution is 0.756. The third-order valence-electron chi connectivity index (χ3n) is 2.61. The number of nitrogens with two attached hydrogens (primary N) is 1. The average Bonchev–Trinajstić information content (AvgIpc) is 2.60. The van der Waals surface area contributed by atoms with Crippen LogP contribution in [0.25, 0.3) is 5.69 Å². The van der Waals surface area contributed by atoms with Crippen LogP contribution >= 0.6 is 0 Å². The molecule has 4 nitrogen and oxygen atoms in total. The van der Waals surface area contributed by atoms with E-state index in [0.717, 1.165) is 17.1 Å². The average molecular weight is 216 g/mol. The van der Waals surface area contributed by atoms with E-state index in [0.29, 0.717) is 0 Å². The number of hydrogen-bond donors (Lipinski definition) is 1. The highest BCUT2D eigenvalue weighted by atomic mass is 15.4. The Hall–Kier alpha value is -1.68. The number of rotatable bonds is 2. The van der Waals surface area contributed by atoms with Crippen LogP contribution in [0.5, 0.6) is 0 Å². The molecular weight excluding hydrogens is 200 g/mol. The summed E-state index contributed by atoms with van der Waals surface area (Å²) in [5.74, 6) is 0. The number of hydrogen-bond acceptors (Lipinski definition) is 3. The Morgan fingerprint density at radius 1 is 1.31 bits per heavy atom. The third kappa shape index (κ3) is 1.84. The fraction of sp³-hybridized carbons (Fsp3) is 0.333. The van der Waals surface area contributed by atoms with Crippen molar-refractivity contribution in [1.29, 1.82) is 0 Å². The molecule has 0 radical (unpaired) electrons. The molecular formula is C12H16N4. The van der Waals surface area contributed by atoms with Gasteiger partial charge in [-0.15, -0.1) is 5.10 Å². The number of aryl methyl sites for hydroxylation is 1. The third-order valence-corrected chi connectivity index (χ3v) is 2.61. The summed E-state index contributed by atoms with van der Waals surface area (Å²) in [7, 11) is 0. The molecule has 0 fully saturated rings. The first-order valence-corrected chi connectivity index (χ1v) is 5.34. The minimum absolute atomic E-state index is 0.0847. The zero-order chi connectivity index (χ0) is 11.7. The minimum Gasteiger partial charge on any atom is -0.323 e. The standard InChI is InChI=1S/C12H16N4/c1-8-5-4-6-11(7-8)16-10(3)12(9(2)13)14-15-16/h4-7,9H,13H2,1-3H3. The Kier molecular flexibility index (Phi) is 2.75. The van der Waals surface area contributed by atoms with E-state index < -0.39 is 0 Å². The van der Waals surface area contributed by atoms with Crippen LogP contribution in [0, 0.1) is 13.8 Å². The first-order valence-electron chi connectivity index (χ1n) is 5.34. The van der Waals surface area contributed by atoms with E-state index in [1.807, 2.05) is 30.7 Å². The quantitative estimate of drug-likeness (QED) is 0.834. The van der Waals surface area contributed by atoms with Crippen molar-refractivity contribution >= 4 is 0 Å². The molecule has 0 aliphatic rings. The highest BCUT2D eigenvalue weighted by Gasteiger charge is 2.12. The molecule has 0 bridgehead atoms. The lowest BCUT2D eigenvalue weighted by Gasteiger charge is -2.05. The molecule has 0 aliphatic heterocycles. The summed E-state index contributed by atoms with van der Waals surface area (Å²) in [5, 5.41) is 8.24. The van der Waals surface area contributed by atoms with Gasteiger partial charge in [0.1, 0.15) is 5.69 Å². The predicted octanol–water partition coefficient (Wildman–Crippen LogP) is 1.90. The van der Waals surface area contributed by atoms with Gasteiger partial charge in [0.25, 0.3) is 0 Å². The van der Waals surface area contributed by atoms with Gasteiger partial charge in [0.05, 0.1) is 11.4 Å². The van der Waals surface area contributed by atoms with Gasteiger partial charge in [-0.3, -0.25) is 0 Å². The molecule has 1 aromatic heterocycles. The van der Waals surface area contributed by atoms with E-state index in [4.69, 9.17) is 5.73 Å². The van der Waals surface area contributed by atoms with E-state index >= 15 is 0 Å². The van der Waals surface area contributed by atoms with Crippen LogP contribution in [0.3, 0.4) is 0 Å². The summed E-state index contributed by atoms with van der Waals surface area (Å²) in [6.07, 6.45) is 0. The molecule has 0 saturated heterocycles. The van der Waals surface area contributed by atoms with Crippen LogP contribution in [0.1, 0.15) is 29.9 Å². The first kappa shape index (κ1) is 10.8. The topological polar surface area (TPSA) is 56.7 Å². The molecule has 84 valence electrons. The molecule has 4 heteroatoms. The molecule has 0 aliphatic carbocycles. The van der Waals surface area contributed by atoms with Crippen molar-refractivity contribution < 1.29 is 0 Å². The van der Waals surface area contributed by atoms with Gasteiger partial charge in [-0.2, -0.15) is 0 Å². The number of benzene rings is 1. The molecule has 2 aromatic rings. The Morgan fingerprint density at radius 3 is 2.62 bits per heavy atom. The van der Waals surface area contributed by atoms with Crippen molar-refractivity contribution in [2.24, 2.45) is 5.73 Å². The van der Waals surface area contributed by atoms with Crippen LogP contribution in [0.2, 0.25) is 0 Å². The second kappa shape index (κ2) is 4.06. The Bertz CT molecular complexity index is 499. The van der Waals surface area contributed by atoms with Gasteiger partial charge in [-0.1, -0.05) is 17.3 Å². The zero-order valence-corrected chi connectivity index (χ0v) is 9.81. The molecule has 16 heavy (non-hydrogen) atoms. The fourth-order valence-corrected chi connectivity index (χ4v) is 1.77. The molecule has 2 rings (SSSR count). The lowest BCUT2D eigenvalue weighted by Crippen LogP contribution is -2.08. The molecule has 1 heterocycles. The van der Waals surface area contributed by atoms with E-state index in [-0.39, 0.29) is 6.04 Å². The molecule has 1 aromatic carbocycles. The summed E-state index contributed by atoms with van der Waals surface area (Å²) in [6, 6.07) is 8.07. The van der Waals surface area contributed by atoms with E-state index in [1.54, 1.807) is 0 Å². The maximum absolute atomic E-state index is 5.82. The largest absolute Gasteiger partial charge is 0.323 e. The van der Waals surface area contributed by atoms with Gasteiger partial charge in [-0.25, -0.2) is 4.68 Å². The molecule has 0 spiro atoms. The van der Waals surface area contributed by atoms with Gasteiger partial charge in [0.2, 0.25) is 0 Å². The van der Waals surface area contributed by atoms with Crippen LogP contribution < -0.4 is 5.73 Å². The zero-order valence-electron chi connectivity index (χ0n) is 9.81. The van der Waals surface area contributed by atoms with Gasteiger partial charge >= 0.3 is 0 Å². The van der Waals surface area contributed by atoms with Crippen molar-refractivity contribution in [3.63, 3.8) is 0 Å². The lowest BCUT2D eigenvalue weighted by atomic mass is 10.2. The molecule has 0 saturated carbocycles. The van der Waals surface area contributed by atoms with Gasteiger partial charge in [0, 0.05) is 6.04 Å². The SMILES string of the molecule is Cc1cccc(-n2nnc(C(C)N)c2C)c1. The van der Waals surface area contributed by atoms with Crippen molar-refractivity contribution in [2.75, 3.05) is 0 Å². The first-order chi connectivity index (χ1) is 7.59. The second-order valence-electron chi connectivity index (χ2n) is 4.10.